The van der Waals surface area contributed by atoms with E-state index in [4.69, 9.17) is 10.8 Å². The van der Waals surface area contributed by atoms with Crippen molar-refractivity contribution in [2.24, 2.45) is 17.6 Å². The van der Waals surface area contributed by atoms with Crippen LogP contribution in [0.3, 0.4) is 0 Å². The van der Waals surface area contributed by atoms with Crippen molar-refractivity contribution in [3.8, 4) is 0 Å². The molecule has 1 aromatic heterocycles. The maximum absolute atomic E-state index is 6.74. The summed E-state index contributed by atoms with van der Waals surface area (Å²) in [5.74, 6) is 1.43. The van der Waals surface area contributed by atoms with Gasteiger partial charge in [0.1, 0.15) is 0 Å². The largest absolute Gasteiger partial charge is 0.325 e. The molecule has 118 valence electrons. The van der Waals surface area contributed by atoms with Crippen LogP contribution in [-0.4, -0.2) is 15.3 Å². The van der Waals surface area contributed by atoms with Gasteiger partial charge in [-0.3, -0.25) is 4.68 Å². The molecule has 0 aliphatic heterocycles. The molecule has 3 unspecified atom stereocenters. The van der Waals surface area contributed by atoms with E-state index in [1.165, 1.54) is 50.6 Å². The molecule has 3 rings (SSSR count). The molecular formula is C18H31N3. The first-order chi connectivity index (χ1) is 10.1. The number of hydrogen-bond acceptors (Lipinski definition) is 2. The summed E-state index contributed by atoms with van der Waals surface area (Å²) in [4.78, 5) is 0. The Kier molecular flexibility index (Phi) is 4.39. The lowest BCUT2D eigenvalue weighted by Gasteiger charge is -2.41. The minimum atomic E-state index is -0.0434. The highest BCUT2D eigenvalue weighted by Gasteiger charge is 2.37. The highest BCUT2D eigenvalue weighted by atomic mass is 15.3. The van der Waals surface area contributed by atoms with E-state index in [-0.39, 0.29) is 5.54 Å². The van der Waals surface area contributed by atoms with Crippen molar-refractivity contribution in [2.75, 3.05) is 0 Å². The second-order valence-electron chi connectivity index (χ2n) is 7.77. The fraction of sp³-hybridized carbons (Fsp3) is 0.833. The molecule has 2 fully saturated rings. The van der Waals surface area contributed by atoms with Gasteiger partial charge in [0, 0.05) is 18.2 Å². The molecule has 21 heavy (non-hydrogen) atoms. The van der Waals surface area contributed by atoms with Crippen molar-refractivity contribution in [1.82, 2.24) is 9.78 Å². The molecule has 1 aromatic rings. The SMILES string of the molecule is CC1CCC(N)(Cc2ccn(C3CCCCC3)n2)C(C)C1. The number of nitrogens with zero attached hydrogens (tertiary/aromatic N) is 2. The zero-order chi connectivity index (χ0) is 14.9. The van der Waals surface area contributed by atoms with Crippen molar-refractivity contribution in [2.45, 2.75) is 83.2 Å². The molecule has 0 radical (unpaired) electrons. The summed E-state index contributed by atoms with van der Waals surface area (Å²) in [6.45, 7) is 4.68. The smallest absolute Gasteiger partial charge is 0.0643 e. The van der Waals surface area contributed by atoms with Gasteiger partial charge in [0.15, 0.2) is 0 Å². The Morgan fingerprint density at radius 2 is 2.00 bits per heavy atom. The first-order valence-corrected chi connectivity index (χ1v) is 8.90. The van der Waals surface area contributed by atoms with Gasteiger partial charge < -0.3 is 5.73 Å². The van der Waals surface area contributed by atoms with Crippen LogP contribution in [0.4, 0.5) is 0 Å². The van der Waals surface area contributed by atoms with E-state index in [0.717, 1.165) is 18.8 Å². The number of rotatable bonds is 3. The zero-order valence-electron chi connectivity index (χ0n) is 13.7. The third-order valence-electron chi connectivity index (χ3n) is 5.96. The third-order valence-corrected chi connectivity index (χ3v) is 5.96. The monoisotopic (exact) mass is 289 g/mol. The zero-order valence-corrected chi connectivity index (χ0v) is 13.7. The molecule has 0 amide bonds. The van der Waals surface area contributed by atoms with E-state index in [9.17, 15) is 0 Å². The van der Waals surface area contributed by atoms with Gasteiger partial charge in [0.25, 0.3) is 0 Å². The molecule has 3 nitrogen and oxygen atoms in total. The second-order valence-corrected chi connectivity index (χ2v) is 7.77. The molecule has 2 aliphatic rings. The maximum Gasteiger partial charge on any atom is 0.0643 e. The predicted molar refractivity (Wildman–Crippen MR) is 87.2 cm³/mol. The molecule has 2 N–H and O–H groups in total. The number of hydrogen-bond donors (Lipinski definition) is 1. The van der Waals surface area contributed by atoms with Crippen LogP contribution in [-0.2, 0) is 6.42 Å². The van der Waals surface area contributed by atoms with E-state index < -0.39 is 0 Å². The Morgan fingerprint density at radius 3 is 2.71 bits per heavy atom. The lowest BCUT2D eigenvalue weighted by molar-refractivity contribution is 0.162. The Bertz CT molecular complexity index is 461. The van der Waals surface area contributed by atoms with Crippen molar-refractivity contribution in [3.63, 3.8) is 0 Å². The topological polar surface area (TPSA) is 43.8 Å². The van der Waals surface area contributed by atoms with E-state index in [2.05, 4.69) is 30.8 Å². The van der Waals surface area contributed by atoms with Gasteiger partial charge >= 0.3 is 0 Å². The van der Waals surface area contributed by atoms with Gasteiger partial charge in [-0.25, -0.2) is 0 Å². The van der Waals surface area contributed by atoms with E-state index in [0.29, 0.717) is 12.0 Å². The molecule has 3 atom stereocenters. The summed E-state index contributed by atoms with van der Waals surface area (Å²) in [6, 6.07) is 2.83. The first kappa shape index (κ1) is 15.1. The molecule has 0 saturated heterocycles. The Hall–Kier alpha value is -0.830. The lowest BCUT2D eigenvalue weighted by atomic mass is 9.68. The summed E-state index contributed by atoms with van der Waals surface area (Å²) >= 11 is 0. The first-order valence-electron chi connectivity index (χ1n) is 8.90. The Morgan fingerprint density at radius 1 is 1.24 bits per heavy atom. The number of nitrogens with two attached hydrogens (primary N) is 1. The third kappa shape index (κ3) is 3.33. The Balaban J connectivity index is 1.66. The Labute approximate surface area is 129 Å². The fourth-order valence-corrected chi connectivity index (χ4v) is 4.34. The molecule has 0 spiro atoms. The van der Waals surface area contributed by atoms with Crippen LogP contribution in [0.25, 0.3) is 0 Å². The molecular weight excluding hydrogens is 258 g/mol. The average molecular weight is 289 g/mol. The van der Waals surface area contributed by atoms with Crippen LogP contribution < -0.4 is 5.73 Å². The van der Waals surface area contributed by atoms with Crippen LogP contribution in [0.15, 0.2) is 12.3 Å². The molecule has 0 bridgehead atoms. The van der Waals surface area contributed by atoms with E-state index in [1.807, 2.05) is 0 Å². The van der Waals surface area contributed by atoms with Gasteiger partial charge in [0.05, 0.1) is 11.7 Å². The van der Waals surface area contributed by atoms with Gasteiger partial charge in [-0.15, -0.1) is 0 Å². The van der Waals surface area contributed by atoms with Crippen LogP contribution in [0, 0.1) is 11.8 Å². The van der Waals surface area contributed by atoms with Crippen LogP contribution >= 0.6 is 0 Å². The van der Waals surface area contributed by atoms with Crippen molar-refractivity contribution in [1.29, 1.82) is 0 Å². The van der Waals surface area contributed by atoms with Crippen molar-refractivity contribution >= 4 is 0 Å². The molecule has 3 heteroatoms. The highest BCUT2D eigenvalue weighted by molar-refractivity contribution is 5.09. The molecule has 0 aromatic carbocycles. The lowest BCUT2D eigenvalue weighted by Crippen LogP contribution is -2.51. The van der Waals surface area contributed by atoms with Crippen molar-refractivity contribution in [3.05, 3.63) is 18.0 Å². The summed E-state index contributed by atoms with van der Waals surface area (Å²) in [5, 5.41) is 4.86. The predicted octanol–water partition coefficient (Wildman–Crippen LogP) is 4.08. The number of aromatic nitrogens is 2. The normalized spacial score (nSPS) is 35.0. The van der Waals surface area contributed by atoms with E-state index >= 15 is 0 Å². The van der Waals surface area contributed by atoms with Crippen LogP contribution in [0.5, 0.6) is 0 Å². The summed E-state index contributed by atoms with van der Waals surface area (Å²) in [5.41, 5.74) is 7.89. The van der Waals surface area contributed by atoms with Crippen LogP contribution in [0.2, 0.25) is 0 Å². The molecule has 2 saturated carbocycles. The van der Waals surface area contributed by atoms with Gasteiger partial charge in [-0.05, 0) is 50.0 Å². The van der Waals surface area contributed by atoms with E-state index in [1.54, 1.807) is 0 Å². The highest BCUT2D eigenvalue weighted by Crippen LogP contribution is 2.37. The van der Waals surface area contributed by atoms with Gasteiger partial charge in [0.2, 0.25) is 0 Å². The summed E-state index contributed by atoms with van der Waals surface area (Å²) in [6.07, 6.45) is 13.5. The quantitative estimate of drug-likeness (QED) is 0.911. The summed E-state index contributed by atoms with van der Waals surface area (Å²) < 4.78 is 2.22. The summed E-state index contributed by atoms with van der Waals surface area (Å²) in [7, 11) is 0. The maximum atomic E-state index is 6.74. The van der Waals surface area contributed by atoms with Gasteiger partial charge in [-0.1, -0.05) is 33.1 Å². The van der Waals surface area contributed by atoms with Crippen molar-refractivity contribution < 1.29 is 0 Å². The minimum absolute atomic E-state index is 0.0434. The average Bonchev–Trinajstić information content (AvgIpc) is 2.93. The minimum Gasteiger partial charge on any atom is -0.325 e. The second kappa shape index (κ2) is 6.12. The standard InChI is InChI=1S/C18H31N3/c1-14-8-10-18(19,15(2)12-14)13-16-9-11-21(20-16)17-6-4-3-5-7-17/h9,11,14-15,17H,3-8,10,12-13,19H2,1-2H3. The molecule has 1 heterocycles. The van der Waals surface area contributed by atoms with Gasteiger partial charge in [-0.2, -0.15) is 5.10 Å². The van der Waals surface area contributed by atoms with Crippen LogP contribution in [0.1, 0.15) is 76.9 Å². The molecule has 2 aliphatic carbocycles. The fourth-order valence-electron chi connectivity index (χ4n) is 4.34.